The van der Waals surface area contributed by atoms with Crippen molar-refractivity contribution in [1.29, 1.82) is 0 Å². The van der Waals surface area contributed by atoms with E-state index >= 15 is 0 Å². The number of hydrogen-bond acceptors (Lipinski definition) is 4. The molecule has 1 N–H and O–H groups in total. The van der Waals surface area contributed by atoms with E-state index in [0.717, 1.165) is 27.5 Å². The van der Waals surface area contributed by atoms with Gasteiger partial charge in [-0.15, -0.1) is 0 Å². The predicted octanol–water partition coefficient (Wildman–Crippen LogP) is 4.08. The summed E-state index contributed by atoms with van der Waals surface area (Å²) < 4.78 is 7.25. The van der Waals surface area contributed by atoms with Gasteiger partial charge in [-0.25, -0.2) is 9.67 Å². The Kier molecular flexibility index (Phi) is 4.24. The van der Waals surface area contributed by atoms with Crippen LogP contribution in [0.4, 0.5) is 5.82 Å². The summed E-state index contributed by atoms with van der Waals surface area (Å²) in [6.07, 6.45) is 0. The third kappa shape index (κ3) is 2.99. The number of carbonyl (C=O) groups is 1. The minimum atomic E-state index is -0.261. The van der Waals surface area contributed by atoms with Gasteiger partial charge in [0.15, 0.2) is 11.5 Å². The molecule has 1 amide bonds. The second-order valence-corrected chi connectivity index (χ2v) is 6.36. The summed E-state index contributed by atoms with van der Waals surface area (Å²) in [6.45, 7) is 4.41. The Morgan fingerprint density at radius 3 is 2.81 bits per heavy atom. The molecule has 0 saturated carbocycles. The van der Waals surface area contributed by atoms with Crippen LogP contribution in [0.1, 0.15) is 22.8 Å². The lowest BCUT2D eigenvalue weighted by Crippen LogP contribution is -2.14. The maximum Gasteiger partial charge on any atom is 0.260 e. The highest BCUT2D eigenvalue weighted by Gasteiger charge is 2.17. The van der Waals surface area contributed by atoms with Crippen molar-refractivity contribution in [2.24, 2.45) is 7.05 Å². The Morgan fingerprint density at radius 1 is 1.19 bits per heavy atom. The topological polar surface area (TPSA) is 69.0 Å². The van der Waals surface area contributed by atoms with Crippen LogP contribution in [-0.2, 0) is 7.05 Å². The number of hydrogen-bond donors (Lipinski definition) is 1. The van der Waals surface area contributed by atoms with Crippen LogP contribution >= 0.6 is 0 Å². The van der Waals surface area contributed by atoms with Crippen molar-refractivity contribution in [1.82, 2.24) is 14.8 Å². The van der Waals surface area contributed by atoms with E-state index in [1.807, 2.05) is 57.3 Å². The van der Waals surface area contributed by atoms with Gasteiger partial charge in [0.2, 0.25) is 0 Å². The molecule has 0 aliphatic heterocycles. The van der Waals surface area contributed by atoms with Crippen LogP contribution in [0.5, 0.6) is 5.75 Å². The van der Waals surface area contributed by atoms with Crippen LogP contribution < -0.4 is 10.1 Å². The zero-order chi connectivity index (χ0) is 19.0. The first kappa shape index (κ1) is 17.0. The summed E-state index contributed by atoms with van der Waals surface area (Å²) in [6, 6.07) is 15.2. The smallest absolute Gasteiger partial charge is 0.260 e. The van der Waals surface area contributed by atoms with E-state index in [0.29, 0.717) is 23.7 Å². The summed E-state index contributed by atoms with van der Waals surface area (Å²) in [7, 11) is 1.82. The summed E-state index contributed by atoms with van der Waals surface area (Å²) in [5, 5.41) is 9.19. The van der Waals surface area contributed by atoms with Gasteiger partial charge in [0.1, 0.15) is 5.75 Å². The van der Waals surface area contributed by atoms with E-state index in [2.05, 4.69) is 10.4 Å². The van der Waals surface area contributed by atoms with Crippen molar-refractivity contribution in [3.63, 3.8) is 0 Å². The fourth-order valence-corrected chi connectivity index (χ4v) is 3.21. The minimum Gasteiger partial charge on any atom is -0.493 e. The van der Waals surface area contributed by atoms with Crippen molar-refractivity contribution in [3.8, 4) is 5.75 Å². The molecule has 4 rings (SSSR count). The average molecular weight is 360 g/mol. The molecule has 2 aromatic carbocycles. The fraction of sp³-hybridized carbons (Fsp3) is 0.190. The SMILES string of the molecule is CCOc1ccccc1C(=O)Nc1nn(C)c2nc3c(C)cccc3cc12. The number of ether oxygens (including phenoxy) is 1. The average Bonchev–Trinajstić information content (AvgIpc) is 2.96. The molecule has 6 nitrogen and oxygen atoms in total. The third-order valence-electron chi connectivity index (χ3n) is 4.50. The molecule has 0 atom stereocenters. The first-order chi connectivity index (χ1) is 13.1. The van der Waals surface area contributed by atoms with Crippen LogP contribution in [0.2, 0.25) is 0 Å². The molecule has 2 aromatic heterocycles. The second kappa shape index (κ2) is 6.72. The molecule has 0 fully saturated rings. The Balaban J connectivity index is 1.77. The number of para-hydroxylation sites is 2. The number of aryl methyl sites for hydroxylation is 2. The standard InChI is InChI=1S/C21H20N4O2/c1-4-27-17-11-6-5-10-15(17)21(26)23-19-16-12-14-9-7-8-13(2)18(14)22-20(16)25(3)24-19/h5-12H,4H2,1-3H3,(H,23,24,26). The largest absolute Gasteiger partial charge is 0.493 e. The summed E-state index contributed by atoms with van der Waals surface area (Å²) >= 11 is 0. The lowest BCUT2D eigenvalue weighted by atomic mass is 10.1. The summed E-state index contributed by atoms with van der Waals surface area (Å²) in [5.74, 6) is 0.778. The number of nitrogens with zero attached hydrogens (tertiary/aromatic N) is 3. The van der Waals surface area contributed by atoms with Gasteiger partial charge in [-0.3, -0.25) is 4.79 Å². The van der Waals surface area contributed by atoms with Crippen LogP contribution in [0.25, 0.3) is 21.9 Å². The number of benzene rings is 2. The number of rotatable bonds is 4. The Hall–Kier alpha value is -3.41. The van der Waals surface area contributed by atoms with Crippen molar-refractivity contribution in [3.05, 3.63) is 59.7 Å². The van der Waals surface area contributed by atoms with Crippen molar-refractivity contribution in [2.45, 2.75) is 13.8 Å². The number of nitrogens with one attached hydrogen (secondary N) is 1. The van der Waals surface area contributed by atoms with Gasteiger partial charge in [0.05, 0.1) is 23.1 Å². The molecule has 136 valence electrons. The van der Waals surface area contributed by atoms with Crippen LogP contribution in [0, 0.1) is 6.92 Å². The predicted molar refractivity (Wildman–Crippen MR) is 106 cm³/mol. The van der Waals surface area contributed by atoms with Gasteiger partial charge in [-0.2, -0.15) is 5.10 Å². The van der Waals surface area contributed by atoms with Crippen LogP contribution in [-0.4, -0.2) is 27.3 Å². The molecule has 0 saturated heterocycles. The molecule has 6 heteroatoms. The molecular weight excluding hydrogens is 340 g/mol. The first-order valence-corrected chi connectivity index (χ1v) is 8.84. The number of anilines is 1. The van der Waals surface area contributed by atoms with Crippen LogP contribution in [0.3, 0.4) is 0 Å². The zero-order valence-corrected chi connectivity index (χ0v) is 15.5. The van der Waals surface area contributed by atoms with E-state index in [1.165, 1.54) is 0 Å². The molecule has 4 aromatic rings. The van der Waals surface area contributed by atoms with E-state index in [-0.39, 0.29) is 5.91 Å². The highest BCUT2D eigenvalue weighted by molar-refractivity contribution is 6.10. The molecule has 0 unspecified atom stereocenters. The Labute approximate surface area is 156 Å². The Bertz CT molecular complexity index is 1160. The molecule has 2 heterocycles. The lowest BCUT2D eigenvalue weighted by Gasteiger charge is -2.09. The molecule has 0 spiro atoms. The van der Waals surface area contributed by atoms with Crippen molar-refractivity contribution >= 4 is 33.7 Å². The van der Waals surface area contributed by atoms with Gasteiger partial charge in [0, 0.05) is 12.4 Å². The number of amides is 1. The highest BCUT2D eigenvalue weighted by Crippen LogP contribution is 2.28. The number of pyridine rings is 1. The monoisotopic (exact) mass is 360 g/mol. The third-order valence-corrected chi connectivity index (χ3v) is 4.50. The summed E-state index contributed by atoms with van der Waals surface area (Å²) in [4.78, 5) is 17.6. The van der Waals surface area contributed by atoms with Gasteiger partial charge >= 0.3 is 0 Å². The maximum atomic E-state index is 12.8. The number of aromatic nitrogens is 3. The van der Waals surface area contributed by atoms with Crippen molar-refractivity contribution < 1.29 is 9.53 Å². The van der Waals surface area contributed by atoms with Gasteiger partial charge < -0.3 is 10.1 Å². The maximum absolute atomic E-state index is 12.8. The Morgan fingerprint density at radius 2 is 2.00 bits per heavy atom. The van der Waals surface area contributed by atoms with Gasteiger partial charge in [-0.05, 0) is 37.6 Å². The normalized spacial score (nSPS) is 11.1. The zero-order valence-electron chi connectivity index (χ0n) is 15.5. The molecule has 0 bridgehead atoms. The van der Waals surface area contributed by atoms with Crippen LogP contribution in [0.15, 0.2) is 48.5 Å². The number of fused-ring (bicyclic) bond motifs is 2. The number of carbonyl (C=O) groups excluding carboxylic acids is 1. The van der Waals surface area contributed by atoms with E-state index in [9.17, 15) is 4.79 Å². The van der Waals surface area contributed by atoms with Gasteiger partial charge in [-0.1, -0.05) is 30.3 Å². The first-order valence-electron chi connectivity index (χ1n) is 8.84. The molecule has 0 aliphatic carbocycles. The van der Waals surface area contributed by atoms with Crippen molar-refractivity contribution in [2.75, 3.05) is 11.9 Å². The molecule has 0 radical (unpaired) electrons. The second-order valence-electron chi connectivity index (χ2n) is 6.36. The minimum absolute atomic E-state index is 0.261. The molecular formula is C21H20N4O2. The fourth-order valence-electron chi connectivity index (χ4n) is 3.21. The van der Waals surface area contributed by atoms with E-state index in [4.69, 9.17) is 9.72 Å². The summed E-state index contributed by atoms with van der Waals surface area (Å²) in [5.41, 5.74) is 3.24. The quantitative estimate of drug-likeness (QED) is 0.595. The van der Waals surface area contributed by atoms with E-state index < -0.39 is 0 Å². The highest BCUT2D eigenvalue weighted by atomic mass is 16.5. The molecule has 27 heavy (non-hydrogen) atoms. The molecule has 0 aliphatic rings. The van der Waals surface area contributed by atoms with E-state index in [1.54, 1.807) is 16.8 Å². The van der Waals surface area contributed by atoms with Gasteiger partial charge in [0.25, 0.3) is 5.91 Å². The lowest BCUT2D eigenvalue weighted by molar-refractivity contribution is 0.102.